The SMILES string of the molecule is CCC(C)C(C)NC(=O)NC1CCCCC1C(=O)O. The average molecular weight is 270 g/mol. The highest BCUT2D eigenvalue weighted by molar-refractivity contribution is 5.77. The zero-order chi connectivity index (χ0) is 14.4. The fourth-order valence-corrected chi connectivity index (χ4v) is 2.51. The van der Waals surface area contributed by atoms with E-state index in [0.717, 1.165) is 25.7 Å². The second-order valence-corrected chi connectivity index (χ2v) is 5.63. The number of aliphatic carboxylic acids is 1. The lowest BCUT2D eigenvalue weighted by Crippen LogP contribution is -2.51. The normalized spacial score (nSPS) is 26.3. The summed E-state index contributed by atoms with van der Waals surface area (Å²) >= 11 is 0. The molecule has 110 valence electrons. The molecule has 0 saturated heterocycles. The zero-order valence-corrected chi connectivity index (χ0v) is 12.1. The predicted octanol–water partition coefficient (Wildman–Crippen LogP) is 2.36. The van der Waals surface area contributed by atoms with E-state index in [0.29, 0.717) is 12.3 Å². The van der Waals surface area contributed by atoms with Crippen molar-refractivity contribution in [2.75, 3.05) is 0 Å². The fraction of sp³-hybridized carbons (Fsp3) is 0.857. The molecule has 5 heteroatoms. The van der Waals surface area contributed by atoms with Gasteiger partial charge in [0.15, 0.2) is 0 Å². The number of rotatable bonds is 5. The molecule has 1 fully saturated rings. The van der Waals surface area contributed by atoms with Gasteiger partial charge in [0, 0.05) is 12.1 Å². The molecule has 4 unspecified atom stereocenters. The standard InChI is InChI=1S/C14H26N2O3/c1-4-9(2)10(3)15-14(19)16-12-8-6-5-7-11(12)13(17)18/h9-12H,4-8H2,1-3H3,(H,17,18)(H2,15,16,19). The second kappa shape index (κ2) is 7.36. The highest BCUT2D eigenvalue weighted by Gasteiger charge is 2.32. The Labute approximate surface area is 115 Å². The van der Waals surface area contributed by atoms with Crippen LogP contribution >= 0.6 is 0 Å². The van der Waals surface area contributed by atoms with Crippen LogP contribution in [0.25, 0.3) is 0 Å². The highest BCUT2D eigenvalue weighted by atomic mass is 16.4. The number of carbonyl (C=O) groups is 2. The Hall–Kier alpha value is -1.26. The molecule has 2 amide bonds. The smallest absolute Gasteiger partial charge is 0.315 e. The lowest BCUT2D eigenvalue weighted by atomic mass is 9.84. The first kappa shape index (κ1) is 15.8. The maximum atomic E-state index is 11.9. The monoisotopic (exact) mass is 270 g/mol. The molecule has 0 radical (unpaired) electrons. The molecule has 3 N–H and O–H groups in total. The minimum atomic E-state index is -0.806. The molecule has 0 aromatic heterocycles. The molecule has 0 aliphatic heterocycles. The first-order valence-corrected chi connectivity index (χ1v) is 7.25. The maximum absolute atomic E-state index is 11.9. The van der Waals surface area contributed by atoms with Crippen molar-refractivity contribution in [1.29, 1.82) is 0 Å². The molecule has 1 rings (SSSR count). The largest absolute Gasteiger partial charge is 0.481 e. The number of carboxylic acid groups (broad SMARTS) is 1. The first-order valence-electron chi connectivity index (χ1n) is 7.25. The molecule has 0 aromatic carbocycles. The van der Waals surface area contributed by atoms with Crippen LogP contribution < -0.4 is 10.6 Å². The number of hydrogen-bond acceptors (Lipinski definition) is 2. The third-order valence-electron chi connectivity index (χ3n) is 4.26. The number of hydrogen-bond donors (Lipinski definition) is 3. The topological polar surface area (TPSA) is 78.4 Å². The van der Waals surface area contributed by atoms with Gasteiger partial charge in [-0.25, -0.2) is 4.79 Å². The summed E-state index contributed by atoms with van der Waals surface area (Å²) in [6.45, 7) is 6.15. The summed E-state index contributed by atoms with van der Waals surface area (Å²) in [7, 11) is 0. The first-order chi connectivity index (χ1) is 8.95. The molecule has 1 aliphatic carbocycles. The van der Waals surface area contributed by atoms with Crippen LogP contribution in [0.5, 0.6) is 0 Å². The van der Waals surface area contributed by atoms with Crippen LogP contribution in [0.4, 0.5) is 4.79 Å². The van der Waals surface area contributed by atoms with Gasteiger partial charge in [-0.3, -0.25) is 4.79 Å². The molecular formula is C14H26N2O3. The highest BCUT2D eigenvalue weighted by Crippen LogP contribution is 2.24. The van der Waals surface area contributed by atoms with Crippen molar-refractivity contribution >= 4 is 12.0 Å². The van der Waals surface area contributed by atoms with Crippen LogP contribution in [0.3, 0.4) is 0 Å². The lowest BCUT2D eigenvalue weighted by Gasteiger charge is -2.30. The number of nitrogens with one attached hydrogen (secondary N) is 2. The van der Waals surface area contributed by atoms with Gasteiger partial charge in [0.1, 0.15) is 0 Å². The van der Waals surface area contributed by atoms with Crippen molar-refractivity contribution in [3.8, 4) is 0 Å². The minimum Gasteiger partial charge on any atom is -0.481 e. The number of carboxylic acids is 1. The van der Waals surface area contributed by atoms with Crippen molar-refractivity contribution in [2.24, 2.45) is 11.8 Å². The van der Waals surface area contributed by atoms with Gasteiger partial charge < -0.3 is 15.7 Å². The van der Waals surface area contributed by atoms with E-state index in [4.69, 9.17) is 5.11 Å². The Morgan fingerprint density at radius 1 is 1.26 bits per heavy atom. The molecule has 0 heterocycles. The van der Waals surface area contributed by atoms with Gasteiger partial charge in [-0.2, -0.15) is 0 Å². The van der Waals surface area contributed by atoms with E-state index in [9.17, 15) is 9.59 Å². The Balaban J connectivity index is 2.48. The van der Waals surface area contributed by atoms with E-state index >= 15 is 0 Å². The number of urea groups is 1. The van der Waals surface area contributed by atoms with Gasteiger partial charge in [0.2, 0.25) is 0 Å². The fourth-order valence-electron chi connectivity index (χ4n) is 2.51. The van der Waals surface area contributed by atoms with E-state index in [1.54, 1.807) is 0 Å². The molecule has 5 nitrogen and oxygen atoms in total. The quantitative estimate of drug-likeness (QED) is 0.717. The third-order valence-corrected chi connectivity index (χ3v) is 4.26. The van der Waals surface area contributed by atoms with Crippen LogP contribution in [0.15, 0.2) is 0 Å². The lowest BCUT2D eigenvalue weighted by molar-refractivity contribution is -0.143. The Bertz CT molecular complexity index is 320. The van der Waals surface area contributed by atoms with Crippen LogP contribution in [-0.2, 0) is 4.79 Å². The zero-order valence-electron chi connectivity index (χ0n) is 12.1. The summed E-state index contributed by atoms with van der Waals surface area (Å²) < 4.78 is 0. The van der Waals surface area contributed by atoms with Gasteiger partial charge >= 0.3 is 12.0 Å². The summed E-state index contributed by atoms with van der Waals surface area (Å²) in [6, 6.07) is -0.391. The second-order valence-electron chi connectivity index (χ2n) is 5.63. The molecule has 1 aliphatic rings. The average Bonchev–Trinajstić information content (AvgIpc) is 2.37. The van der Waals surface area contributed by atoms with Crippen LogP contribution in [0.2, 0.25) is 0 Å². The van der Waals surface area contributed by atoms with Crippen molar-refractivity contribution in [3.63, 3.8) is 0 Å². The summed E-state index contributed by atoms with van der Waals surface area (Å²) in [5, 5.41) is 14.9. The molecule has 4 atom stereocenters. The van der Waals surface area contributed by atoms with Gasteiger partial charge in [0.25, 0.3) is 0 Å². The Morgan fingerprint density at radius 3 is 2.47 bits per heavy atom. The van der Waals surface area contributed by atoms with Crippen molar-refractivity contribution < 1.29 is 14.7 Å². The van der Waals surface area contributed by atoms with Crippen LogP contribution in [0, 0.1) is 11.8 Å². The van der Waals surface area contributed by atoms with Crippen molar-refractivity contribution in [3.05, 3.63) is 0 Å². The molecule has 0 aromatic rings. The minimum absolute atomic E-state index is 0.0943. The maximum Gasteiger partial charge on any atom is 0.315 e. The molecular weight excluding hydrogens is 244 g/mol. The predicted molar refractivity (Wildman–Crippen MR) is 74.0 cm³/mol. The van der Waals surface area contributed by atoms with Gasteiger partial charge in [-0.15, -0.1) is 0 Å². The molecule has 19 heavy (non-hydrogen) atoms. The Kier molecular flexibility index (Phi) is 6.12. The van der Waals surface area contributed by atoms with Crippen LogP contribution in [0.1, 0.15) is 52.9 Å². The summed E-state index contributed by atoms with van der Waals surface area (Å²) in [5.41, 5.74) is 0. The third kappa shape index (κ3) is 4.73. The summed E-state index contributed by atoms with van der Waals surface area (Å²) in [5.74, 6) is -0.842. The van der Waals surface area contributed by atoms with Gasteiger partial charge in [-0.1, -0.05) is 33.1 Å². The molecule has 0 bridgehead atoms. The van der Waals surface area contributed by atoms with E-state index in [2.05, 4.69) is 24.5 Å². The number of amides is 2. The Morgan fingerprint density at radius 2 is 1.89 bits per heavy atom. The van der Waals surface area contributed by atoms with E-state index in [1.165, 1.54) is 0 Å². The summed E-state index contributed by atoms with van der Waals surface area (Å²) in [4.78, 5) is 23.0. The molecule has 1 saturated carbocycles. The number of carbonyl (C=O) groups excluding carboxylic acids is 1. The summed E-state index contributed by atoms with van der Waals surface area (Å²) in [6.07, 6.45) is 4.32. The van der Waals surface area contributed by atoms with Crippen molar-refractivity contribution in [1.82, 2.24) is 10.6 Å². The van der Waals surface area contributed by atoms with E-state index in [1.807, 2.05) is 6.92 Å². The molecule has 0 spiro atoms. The van der Waals surface area contributed by atoms with Gasteiger partial charge in [-0.05, 0) is 25.7 Å². The van der Waals surface area contributed by atoms with E-state index in [-0.39, 0.29) is 18.1 Å². The van der Waals surface area contributed by atoms with Crippen molar-refractivity contribution in [2.45, 2.75) is 65.0 Å². The van der Waals surface area contributed by atoms with Crippen LogP contribution in [-0.4, -0.2) is 29.2 Å². The van der Waals surface area contributed by atoms with Gasteiger partial charge in [0.05, 0.1) is 5.92 Å². The van der Waals surface area contributed by atoms with E-state index < -0.39 is 11.9 Å².